The number of benzene rings is 1. The monoisotopic (exact) mass is 432 g/mol. The summed E-state index contributed by atoms with van der Waals surface area (Å²) in [7, 11) is 3.34. The van der Waals surface area contributed by atoms with Crippen LogP contribution in [0.1, 0.15) is 6.42 Å². The smallest absolute Gasteiger partial charge is 0.332 e. The second kappa shape index (κ2) is 7.88. The van der Waals surface area contributed by atoms with E-state index in [1.54, 1.807) is 30.8 Å². The van der Waals surface area contributed by atoms with Gasteiger partial charge in [-0.3, -0.25) is 13.9 Å². The van der Waals surface area contributed by atoms with Gasteiger partial charge in [0.25, 0.3) is 10.8 Å². The van der Waals surface area contributed by atoms with Crippen LogP contribution >= 0.6 is 23.4 Å². The highest BCUT2D eigenvalue weighted by molar-refractivity contribution is 7.99. The van der Waals surface area contributed by atoms with Gasteiger partial charge in [0.1, 0.15) is 0 Å². The normalized spacial score (nSPS) is 11.4. The van der Waals surface area contributed by atoms with Crippen molar-refractivity contribution in [3.63, 3.8) is 0 Å². The van der Waals surface area contributed by atoms with Crippen LogP contribution in [0.25, 0.3) is 22.6 Å². The SMILES string of the molecule is Cn1cnc2c1c(=O)n(CCCSc1nnc(-c3cccc(Cl)c3)o1)c(=O)n2C. The number of aryl methyl sites for hydroxylation is 2. The fourth-order valence-electron chi connectivity index (χ4n) is 2.98. The second-order valence-corrected chi connectivity index (χ2v) is 7.89. The van der Waals surface area contributed by atoms with Crippen molar-refractivity contribution in [2.24, 2.45) is 14.1 Å². The van der Waals surface area contributed by atoms with Crippen LogP contribution in [0.5, 0.6) is 0 Å². The molecule has 0 aliphatic rings. The van der Waals surface area contributed by atoms with Gasteiger partial charge in [-0.25, -0.2) is 9.78 Å². The van der Waals surface area contributed by atoms with Crippen LogP contribution in [0.15, 0.2) is 49.8 Å². The summed E-state index contributed by atoms with van der Waals surface area (Å²) in [5.41, 5.74) is 0.813. The number of fused-ring (bicyclic) bond motifs is 1. The molecule has 0 radical (unpaired) electrons. The molecule has 0 saturated carbocycles. The number of halogens is 1. The molecule has 4 aromatic rings. The fraction of sp³-hybridized carbons (Fsp3) is 0.278. The minimum atomic E-state index is -0.382. The highest BCUT2D eigenvalue weighted by Gasteiger charge is 2.15. The average Bonchev–Trinajstić information content (AvgIpc) is 3.33. The van der Waals surface area contributed by atoms with Crippen LogP contribution in [-0.2, 0) is 20.6 Å². The van der Waals surface area contributed by atoms with Crippen molar-refractivity contribution in [2.45, 2.75) is 18.2 Å². The molecule has 29 heavy (non-hydrogen) atoms. The molecule has 0 fully saturated rings. The van der Waals surface area contributed by atoms with Gasteiger partial charge in [0.15, 0.2) is 11.2 Å². The number of hydrogen-bond acceptors (Lipinski definition) is 7. The van der Waals surface area contributed by atoms with Crippen LogP contribution < -0.4 is 11.2 Å². The molecule has 0 spiro atoms. The van der Waals surface area contributed by atoms with Crippen LogP contribution in [0.3, 0.4) is 0 Å². The van der Waals surface area contributed by atoms with E-state index >= 15 is 0 Å². The summed E-state index contributed by atoms with van der Waals surface area (Å²) in [6.07, 6.45) is 2.11. The molecule has 0 aliphatic carbocycles. The fourth-order valence-corrected chi connectivity index (χ4v) is 3.86. The molecule has 3 aromatic heterocycles. The molecule has 0 bridgehead atoms. The highest BCUT2D eigenvalue weighted by Crippen LogP contribution is 2.25. The van der Waals surface area contributed by atoms with Crippen molar-refractivity contribution in [2.75, 3.05) is 5.75 Å². The van der Waals surface area contributed by atoms with Crippen molar-refractivity contribution >= 4 is 34.5 Å². The lowest BCUT2D eigenvalue weighted by Gasteiger charge is -2.08. The molecule has 0 unspecified atom stereocenters. The number of rotatable bonds is 6. The molecule has 1 aromatic carbocycles. The first-order valence-electron chi connectivity index (χ1n) is 8.79. The molecule has 0 atom stereocenters. The van der Waals surface area contributed by atoms with Gasteiger partial charge in [-0.05, 0) is 24.6 Å². The Morgan fingerprint density at radius 3 is 2.83 bits per heavy atom. The number of aromatic nitrogens is 6. The molecule has 9 nitrogen and oxygen atoms in total. The Kier molecular flexibility index (Phi) is 5.29. The topological polar surface area (TPSA) is 101 Å². The number of imidazole rings is 1. The van der Waals surface area contributed by atoms with E-state index in [1.165, 1.54) is 27.2 Å². The van der Waals surface area contributed by atoms with Crippen LogP contribution in [-0.4, -0.2) is 34.6 Å². The molecule has 150 valence electrons. The van der Waals surface area contributed by atoms with Crippen molar-refractivity contribution in [3.8, 4) is 11.5 Å². The van der Waals surface area contributed by atoms with Gasteiger partial charge in [-0.2, -0.15) is 0 Å². The zero-order chi connectivity index (χ0) is 20.5. The largest absolute Gasteiger partial charge is 0.411 e. The number of hydrogen-bond donors (Lipinski definition) is 0. The van der Waals surface area contributed by atoms with E-state index in [4.69, 9.17) is 16.0 Å². The zero-order valence-electron chi connectivity index (χ0n) is 15.7. The third kappa shape index (κ3) is 3.73. The van der Waals surface area contributed by atoms with Gasteiger partial charge in [0.05, 0.1) is 6.33 Å². The first-order chi connectivity index (χ1) is 14.0. The van der Waals surface area contributed by atoms with Crippen LogP contribution in [0, 0.1) is 0 Å². The Balaban J connectivity index is 1.44. The maximum atomic E-state index is 12.7. The Labute approximate surface area is 174 Å². The van der Waals surface area contributed by atoms with Crippen molar-refractivity contribution < 1.29 is 4.42 Å². The first-order valence-corrected chi connectivity index (χ1v) is 10.1. The summed E-state index contributed by atoms with van der Waals surface area (Å²) in [5.74, 6) is 0.998. The summed E-state index contributed by atoms with van der Waals surface area (Å²) >= 11 is 7.35. The summed E-state index contributed by atoms with van der Waals surface area (Å²) in [6.45, 7) is 0.287. The highest BCUT2D eigenvalue weighted by atomic mass is 35.5. The predicted octanol–water partition coefficient (Wildman–Crippen LogP) is 2.32. The van der Waals surface area contributed by atoms with Gasteiger partial charge in [0, 0.05) is 37.0 Å². The summed E-state index contributed by atoms with van der Waals surface area (Å²) < 4.78 is 9.89. The average molecular weight is 433 g/mol. The predicted molar refractivity (Wildman–Crippen MR) is 110 cm³/mol. The van der Waals surface area contributed by atoms with Gasteiger partial charge in [0.2, 0.25) is 5.89 Å². The van der Waals surface area contributed by atoms with E-state index < -0.39 is 0 Å². The molecule has 0 amide bonds. The molecule has 0 N–H and O–H groups in total. The first kappa shape index (κ1) is 19.5. The molecule has 0 aliphatic heterocycles. The van der Waals surface area contributed by atoms with Gasteiger partial charge in [-0.1, -0.05) is 29.4 Å². The van der Waals surface area contributed by atoms with Gasteiger partial charge in [-0.15, -0.1) is 10.2 Å². The van der Waals surface area contributed by atoms with E-state index in [1.807, 2.05) is 12.1 Å². The quantitative estimate of drug-likeness (QED) is 0.340. The Hall–Kier alpha value is -2.85. The molecular weight excluding hydrogens is 416 g/mol. The summed E-state index contributed by atoms with van der Waals surface area (Å²) in [5, 5.41) is 9.06. The summed E-state index contributed by atoms with van der Waals surface area (Å²) in [6, 6.07) is 7.17. The minimum Gasteiger partial charge on any atom is -0.411 e. The molecule has 0 saturated heterocycles. The van der Waals surface area contributed by atoms with E-state index in [0.717, 1.165) is 5.56 Å². The van der Waals surface area contributed by atoms with Crippen LogP contribution in [0.4, 0.5) is 0 Å². The Morgan fingerprint density at radius 1 is 1.21 bits per heavy atom. The third-order valence-electron chi connectivity index (χ3n) is 4.43. The van der Waals surface area contributed by atoms with Crippen molar-refractivity contribution in [3.05, 3.63) is 56.5 Å². The molecule has 11 heteroatoms. The lowest BCUT2D eigenvalue weighted by molar-refractivity contribution is 0.465. The van der Waals surface area contributed by atoms with E-state index in [0.29, 0.717) is 39.5 Å². The maximum absolute atomic E-state index is 12.7. The van der Waals surface area contributed by atoms with Crippen molar-refractivity contribution in [1.82, 2.24) is 28.9 Å². The van der Waals surface area contributed by atoms with E-state index in [2.05, 4.69) is 15.2 Å². The Morgan fingerprint density at radius 2 is 2.03 bits per heavy atom. The van der Waals surface area contributed by atoms with Gasteiger partial charge < -0.3 is 8.98 Å². The zero-order valence-corrected chi connectivity index (χ0v) is 17.3. The van der Waals surface area contributed by atoms with Crippen LogP contribution in [0.2, 0.25) is 5.02 Å². The van der Waals surface area contributed by atoms with E-state index in [-0.39, 0.29) is 17.8 Å². The maximum Gasteiger partial charge on any atom is 0.332 e. The number of thioether (sulfide) groups is 1. The standard InChI is InChI=1S/C18H17ClN6O3S/c1-23-10-20-14-13(23)16(26)25(18(27)24(14)2)7-4-8-29-17-22-21-15(28-17)11-5-3-6-12(19)9-11/h3,5-6,9-10H,4,7-8H2,1-2H3. The molecule has 4 rings (SSSR count). The van der Waals surface area contributed by atoms with Gasteiger partial charge >= 0.3 is 5.69 Å². The lowest BCUT2D eigenvalue weighted by Crippen LogP contribution is -2.39. The van der Waals surface area contributed by atoms with E-state index in [9.17, 15) is 9.59 Å². The Bertz CT molecular complexity index is 1310. The molecular formula is C18H17ClN6O3S. The van der Waals surface area contributed by atoms with Crippen molar-refractivity contribution in [1.29, 1.82) is 0 Å². The third-order valence-corrected chi connectivity index (χ3v) is 5.57. The lowest BCUT2D eigenvalue weighted by atomic mass is 10.2. The second-order valence-electron chi connectivity index (χ2n) is 6.41. The molecule has 3 heterocycles. The number of nitrogens with zero attached hydrogens (tertiary/aromatic N) is 6. The summed E-state index contributed by atoms with van der Waals surface area (Å²) in [4.78, 5) is 29.3. The minimum absolute atomic E-state index is 0.287.